The van der Waals surface area contributed by atoms with E-state index in [2.05, 4.69) is 10.6 Å². The molecule has 1 aliphatic heterocycles. The fourth-order valence-corrected chi connectivity index (χ4v) is 4.80. The lowest BCUT2D eigenvalue weighted by Gasteiger charge is -2.33. The zero-order valence-corrected chi connectivity index (χ0v) is 17.4. The quantitative estimate of drug-likeness (QED) is 0.679. The lowest BCUT2D eigenvalue weighted by Crippen LogP contribution is -2.57. The molecule has 2 amide bonds. The standard InChI is InChI=1S/C20H23N3O6S/c1-28-14-8-9-18(29-2)16(12-14)22-19(24)13-17-20(25)21-10-11-23(17)30(26,27)15-6-4-3-5-7-15/h3-9,12,17H,10-11,13H2,1-2H3,(H,21,25)(H,22,24)/t17-/m0/s1. The second-order valence-corrected chi connectivity index (χ2v) is 8.44. The normalized spacial score (nSPS) is 17.1. The molecule has 0 unspecified atom stereocenters. The van der Waals surface area contributed by atoms with Gasteiger partial charge in [0.2, 0.25) is 21.8 Å². The van der Waals surface area contributed by atoms with Crippen LogP contribution in [-0.2, 0) is 19.6 Å². The first-order valence-corrected chi connectivity index (χ1v) is 10.7. The number of sulfonamides is 1. The lowest BCUT2D eigenvalue weighted by atomic mass is 10.1. The van der Waals surface area contributed by atoms with Crippen molar-refractivity contribution in [2.24, 2.45) is 0 Å². The number of benzene rings is 2. The molecule has 3 rings (SSSR count). The highest BCUT2D eigenvalue weighted by Crippen LogP contribution is 2.29. The number of amides is 2. The summed E-state index contributed by atoms with van der Waals surface area (Å²) in [5, 5.41) is 5.30. The summed E-state index contributed by atoms with van der Waals surface area (Å²) in [6, 6.07) is 11.6. The van der Waals surface area contributed by atoms with Gasteiger partial charge in [0.1, 0.15) is 17.5 Å². The molecule has 1 atom stereocenters. The highest BCUT2D eigenvalue weighted by Gasteiger charge is 2.39. The first-order valence-electron chi connectivity index (χ1n) is 9.23. The highest BCUT2D eigenvalue weighted by molar-refractivity contribution is 7.89. The van der Waals surface area contributed by atoms with E-state index in [-0.39, 0.29) is 24.4 Å². The van der Waals surface area contributed by atoms with Crippen LogP contribution in [0.5, 0.6) is 11.5 Å². The smallest absolute Gasteiger partial charge is 0.243 e. The number of hydrogen-bond acceptors (Lipinski definition) is 6. The van der Waals surface area contributed by atoms with Crippen LogP contribution in [0.3, 0.4) is 0 Å². The highest BCUT2D eigenvalue weighted by atomic mass is 32.2. The van der Waals surface area contributed by atoms with Crippen LogP contribution in [0.15, 0.2) is 53.4 Å². The van der Waals surface area contributed by atoms with Gasteiger partial charge in [0.05, 0.1) is 31.2 Å². The van der Waals surface area contributed by atoms with Gasteiger partial charge in [0.15, 0.2) is 0 Å². The Morgan fingerprint density at radius 1 is 1.17 bits per heavy atom. The molecule has 0 saturated carbocycles. The first-order chi connectivity index (χ1) is 14.4. The average molecular weight is 433 g/mol. The number of hydrogen-bond donors (Lipinski definition) is 2. The summed E-state index contributed by atoms with van der Waals surface area (Å²) in [6.45, 7) is 0.246. The van der Waals surface area contributed by atoms with Crippen molar-refractivity contribution in [3.63, 3.8) is 0 Å². The maximum Gasteiger partial charge on any atom is 0.243 e. The van der Waals surface area contributed by atoms with Crippen LogP contribution < -0.4 is 20.1 Å². The van der Waals surface area contributed by atoms with E-state index in [4.69, 9.17) is 9.47 Å². The van der Waals surface area contributed by atoms with Gasteiger partial charge in [-0.15, -0.1) is 0 Å². The molecule has 0 bridgehead atoms. The van der Waals surface area contributed by atoms with Crippen molar-refractivity contribution < 1.29 is 27.5 Å². The summed E-state index contributed by atoms with van der Waals surface area (Å²) in [6.07, 6.45) is -0.349. The van der Waals surface area contributed by atoms with E-state index < -0.39 is 27.9 Å². The summed E-state index contributed by atoms with van der Waals surface area (Å²) < 4.78 is 37.6. The molecule has 2 aromatic carbocycles. The first kappa shape index (κ1) is 21.6. The minimum absolute atomic E-state index is 0.0690. The van der Waals surface area contributed by atoms with Gasteiger partial charge in [-0.25, -0.2) is 8.42 Å². The van der Waals surface area contributed by atoms with Gasteiger partial charge >= 0.3 is 0 Å². The fraction of sp³-hybridized carbons (Fsp3) is 0.300. The molecule has 1 heterocycles. The molecule has 0 spiro atoms. The monoisotopic (exact) mass is 433 g/mol. The summed E-state index contributed by atoms with van der Waals surface area (Å²) in [5.41, 5.74) is 0.357. The number of nitrogens with zero attached hydrogens (tertiary/aromatic N) is 1. The predicted octanol–water partition coefficient (Wildman–Crippen LogP) is 1.22. The molecule has 10 heteroatoms. The van der Waals surface area contributed by atoms with Crippen molar-refractivity contribution in [1.29, 1.82) is 0 Å². The Hall–Kier alpha value is -3.11. The molecule has 1 saturated heterocycles. The second-order valence-electron chi connectivity index (χ2n) is 6.55. The number of rotatable bonds is 7. The molecular weight excluding hydrogens is 410 g/mol. The third kappa shape index (κ3) is 4.55. The number of carbonyl (C=O) groups is 2. The van der Waals surface area contributed by atoms with Gasteiger partial charge in [0, 0.05) is 19.2 Å². The van der Waals surface area contributed by atoms with Gasteiger partial charge in [-0.05, 0) is 24.3 Å². The zero-order valence-electron chi connectivity index (χ0n) is 16.6. The van der Waals surface area contributed by atoms with Crippen molar-refractivity contribution in [3.05, 3.63) is 48.5 Å². The third-order valence-electron chi connectivity index (χ3n) is 4.69. The van der Waals surface area contributed by atoms with Crippen molar-refractivity contribution in [2.75, 3.05) is 32.6 Å². The molecule has 0 radical (unpaired) electrons. The Labute approximate surface area is 175 Å². The summed E-state index contributed by atoms with van der Waals surface area (Å²) in [4.78, 5) is 25.2. The number of methoxy groups -OCH3 is 2. The van der Waals surface area contributed by atoms with E-state index in [0.717, 1.165) is 4.31 Å². The largest absolute Gasteiger partial charge is 0.497 e. The molecule has 0 aromatic heterocycles. The number of carbonyl (C=O) groups excluding carboxylic acids is 2. The maximum atomic E-state index is 13.0. The minimum Gasteiger partial charge on any atom is -0.497 e. The van der Waals surface area contributed by atoms with Crippen LogP contribution >= 0.6 is 0 Å². The maximum absolute atomic E-state index is 13.0. The average Bonchev–Trinajstić information content (AvgIpc) is 2.75. The van der Waals surface area contributed by atoms with Crippen LogP contribution in [0, 0.1) is 0 Å². The van der Waals surface area contributed by atoms with E-state index >= 15 is 0 Å². The molecule has 0 aliphatic carbocycles. The Balaban J connectivity index is 1.82. The minimum atomic E-state index is -3.94. The van der Waals surface area contributed by atoms with Gasteiger partial charge in [-0.2, -0.15) is 4.31 Å². The van der Waals surface area contributed by atoms with Gasteiger partial charge in [-0.1, -0.05) is 18.2 Å². The fourth-order valence-electron chi connectivity index (χ4n) is 3.19. The molecular formula is C20H23N3O6S. The molecule has 2 N–H and O–H groups in total. The summed E-state index contributed by atoms with van der Waals surface area (Å²) >= 11 is 0. The lowest BCUT2D eigenvalue weighted by molar-refractivity contribution is -0.130. The van der Waals surface area contributed by atoms with Crippen molar-refractivity contribution >= 4 is 27.5 Å². The molecule has 1 aliphatic rings. The summed E-state index contributed by atoms with van der Waals surface area (Å²) in [7, 11) is -0.988. The van der Waals surface area contributed by atoms with Crippen LogP contribution in [0.2, 0.25) is 0 Å². The van der Waals surface area contributed by atoms with Gasteiger partial charge < -0.3 is 20.1 Å². The van der Waals surface area contributed by atoms with Crippen LogP contribution in [0.4, 0.5) is 5.69 Å². The Morgan fingerprint density at radius 3 is 2.57 bits per heavy atom. The summed E-state index contributed by atoms with van der Waals surface area (Å²) in [5.74, 6) is -0.133. The van der Waals surface area contributed by atoms with E-state index in [1.807, 2.05) is 0 Å². The predicted molar refractivity (Wildman–Crippen MR) is 110 cm³/mol. The number of nitrogens with one attached hydrogen (secondary N) is 2. The molecule has 30 heavy (non-hydrogen) atoms. The molecule has 160 valence electrons. The molecule has 1 fully saturated rings. The Morgan fingerprint density at radius 2 is 1.90 bits per heavy atom. The van der Waals surface area contributed by atoms with Gasteiger partial charge in [0.25, 0.3) is 0 Å². The van der Waals surface area contributed by atoms with Gasteiger partial charge in [-0.3, -0.25) is 9.59 Å². The second kappa shape index (κ2) is 9.14. The SMILES string of the molecule is COc1ccc(OC)c(NC(=O)C[C@H]2C(=O)NCCN2S(=O)(=O)c2ccccc2)c1. The van der Waals surface area contributed by atoms with Crippen LogP contribution in [-0.4, -0.2) is 57.9 Å². The van der Waals surface area contributed by atoms with Crippen molar-refractivity contribution in [1.82, 2.24) is 9.62 Å². The van der Waals surface area contributed by atoms with Crippen molar-refractivity contribution in [2.45, 2.75) is 17.4 Å². The van der Waals surface area contributed by atoms with E-state index in [9.17, 15) is 18.0 Å². The Bertz CT molecular complexity index is 1030. The molecule has 9 nitrogen and oxygen atoms in total. The van der Waals surface area contributed by atoms with Crippen molar-refractivity contribution in [3.8, 4) is 11.5 Å². The topological polar surface area (TPSA) is 114 Å². The number of anilines is 1. The molecule has 2 aromatic rings. The zero-order chi connectivity index (χ0) is 21.7. The number of ether oxygens (including phenoxy) is 2. The number of piperazine rings is 1. The van der Waals surface area contributed by atoms with Crippen LogP contribution in [0.1, 0.15) is 6.42 Å². The van der Waals surface area contributed by atoms with E-state index in [0.29, 0.717) is 17.2 Å². The van der Waals surface area contributed by atoms with Crippen LogP contribution in [0.25, 0.3) is 0 Å². The van der Waals surface area contributed by atoms with E-state index in [1.54, 1.807) is 36.4 Å². The Kier molecular flexibility index (Phi) is 6.58. The third-order valence-corrected chi connectivity index (χ3v) is 6.61. The van der Waals surface area contributed by atoms with E-state index in [1.165, 1.54) is 26.4 Å².